The highest BCUT2D eigenvalue weighted by Gasteiger charge is 2.56. The number of aliphatic carboxylic acids is 1. The van der Waals surface area contributed by atoms with Gasteiger partial charge in [0, 0.05) is 23.6 Å². The van der Waals surface area contributed by atoms with Crippen LogP contribution in [0.2, 0.25) is 0 Å². The van der Waals surface area contributed by atoms with Gasteiger partial charge in [0.15, 0.2) is 0 Å². The van der Waals surface area contributed by atoms with E-state index >= 15 is 0 Å². The number of nitrogens with zero attached hydrogens (tertiary/aromatic N) is 1. The summed E-state index contributed by atoms with van der Waals surface area (Å²) in [6.07, 6.45) is 3.74. The van der Waals surface area contributed by atoms with Crippen molar-refractivity contribution in [3.05, 3.63) is 10.6 Å². The van der Waals surface area contributed by atoms with Gasteiger partial charge in [0.25, 0.3) is 0 Å². The second kappa shape index (κ2) is 8.33. The van der Waals surface area contributed by atoms with Gasteiger partial charge >= 0.3 is 5.97 Å². The molecular weight excluding hydrogens is 407 g/mol. The minimum absolute atomic E-state index is 0.0843. The number of fused-ring (bicyclic) bond motifs is 1. The van der Waals surface area contributed by atoms with Crippen molar-refractivity contribution in [2.75, 3.05) is 24.8 Å². The first-order valence-electron chi connectivity index (χ1n) is 7.32. The maximum Gasteiger partial charge on any atom is 0.353 e. The molecule has 3 N–H and O–H groups in total. The molecule has 6 nitrogen and oxygen atoms in total. The van der Waals surface area contributed by atoms with Crippen LogP contribution in [-0.4, -0.2) is 63.9 Å². The number of carbonyl (C=O) groups is 2. The number of aliphatic hydroxyl groups excluding tert-OH is 1. The Balaban J connectivity index is 1.99. The molecule has 2 aliphatic heterocycles. The fraction of sp³-hybridized carbons (Fsp3) is 0.692. The Labute approximate surface area is 159 Å². The van der Waals surface area contributed by atoms with Crippen molar-refractivity contribution >= 4 is 62.8 Å². The number of β-lactam (4-membered cyclic amide) rings is 1. The molecule has 0 spiro atoms. The van der Waals surface area contributed by atoms with Crippen LogP contribution in [0.25, 0.3) is 0 Å². The van der Waals surface area contributed by atoms with E-state index < -0.39 is 22.6 Å². The number of amides is 1. The zero-order valence-corrected chi connectivity index (χ0v) is 17.8. The number of carbonyl (C=O) groups excluding carboxylic acids is 1. The highest BCUT2D eigenvalue weighted by atomic mass is 33.2. The number of hydrogen-bond acceptors (Lipinski definition) is 7. The van der Waals surface area contributed by atoms with Crippen LogP contribution in [0.15, 0.2) is 10.6 Å². The summed E-state index contributed by atoms with van der Waals surface area (Å²) >= 11 is 10.3. The quantitative estimate of drug-likeness (QED) is 0.290. The number of rotatable bonds is 9. The first-order valence-corrected chi connectivity index (χ1v) is 14.8. The number of hydrogen-bond donors (Lipinski definition) is 3. The monoisotopic (exact) mass is 428 g/mol. The number of carboxylic acids is 1. The second-order valence-corrected chi connectivity index (χ2v) is 17.9. The zero-order chi connectivity index (χ0) is 18.1. The Hall–Kier alpha value is 0.300. The third-order valence-corrected chi connectivity index (χ3v) is 16.2. The Morgan fingerprint density at radius 1 is 1.50 bits per heavy atom. The van der Waals surface area contributed by atoms with Gasteiger partial charge in [-0.25, -0.2) is 4.79 Å². The van der Waals surface area contributed by atoms with Gasteiger partial charge in [0.1, 0.15) is 10.3 Å². The Bertz CT molecular complexity index is 605. The SMILES string of the molecule is CSP(=S)(NCCSC1=C(C(=O)O)N2C(=O)[C@H]([C@@H](C)O)[C@H]2C1)SC. The van der Waals surface area contributed by atoms with Crippen molar-refractivity contribution in [3.8, 4) is 0 Å². The predicted octanol–water partition coefficient (Wildman–Crippen LogP) is 2.17. The fourth-order valence-corrected chi connectivity index (χ4v) is 8.31. The molecule has 11 heteroatoms. The van der Waals surface area contributed by atoms with Gasteiger partial charge in [-0.1, -0.05) is 11.8 Å². The second-order valence-electron chi connectivity index (χ2n) is 5.44. The van der Waals surface area contributed by atoms with Crippen LogP contribution in [0, 0.1) is 5.92 Å². The average molecular weight is 429 g/mol. The minimum atomic E-state index is -1.65. The summed E-state index contributed by atoms with van der Waals surface area (Å²) in [4.78, 5) is 25.7. The predicted molar refractivity (Wildman–Crippen MR) is 107 cm³/mol. The number of aliphatic hydroxyl groups is 1. The van der Waals surface area contributed by atoms with Crippen molar-refractivity contribution in [1.29, 1.82) is 0 Å². The van der Waals surface area contributed by atoms with E-state index in [1.54, 1.807) is 29.7 Å². The average Bonchev–Trinajstić information content (AvgIpc) is 2.85. The molecular formula is C13H21N2O4PS4. The van der Waals surface area contributed by atoms with Gasteiger partial charge in [0.2, 0.25) is 5.91 Å². The van der Waals surface area contributed by atoms with E-state index in [1.807, 2.05) is 12.5 Å². The van der Waals surface area contributed by atoms with Gasteiger partial charge in [-0.05, 0) is 19.4 Å². The number of nitrogens with one attached hydrogen (secondary N) is 1. The van der Waals surface area contributed by atoms with Crippen molar-refractivity contribution in [2.24, 2.45) is 5.92 Å². The maximum atomic E-state index is 12.1. The molecule has 0 bridgehead atoms. The topological polar surface area (TPSA) is 89.9 Å². The molecule has 1 amide bonds. The standard InChI is InChI=1S/C13H21N2O4PS4/c1-7(16)10-8-6-9(11(13(18)19)15(8)12(10)17)24-5-4-14-20(21,22-2)23-3/h7-8,10,16H,4-6H2,1-3H3,(H,14,21)(H,18,19)/t7-,8-,10-/m1/s1. The summed E-state index contributed by atoms with van der Waals surface area (Å²) in [5.74, 6) is -1.17. The first kappa shape index (κ1) is 20.6. The molecule has 3 atom stereocenters. The van der Waals surface area contributed by atoms with E-state index in [0.717, 1.165) is 0 Å². The smallest absolute Gasteiger partial charge is 0.353 e. The molecule has 0 unspecified atom stereocenters. The molecule has 0 aromatic heterocycles. The van der Waals surface area contributed by atoms with Gasteiger partial charge in [-0.2, -0.15) is 0 Å². The van der Waals surface area contributed by atoms with Gasteiger partial charge in [-0.15, -0.1) is 34.5 Å². The van der Waals surface area contributed by atoms with Crippen molar-refractivity contribution < 1.29 is 19.8 Å². The molecule has 24 heavy (non-hydrogen) atoms. The molecule has 0 aliphatic carbocycles. The zero-order valence-electron chi connectivity index (χ0n) is 13.6. The van der Waals surface area contributed by atoms with Crippen molar-refractivity contribution in [2.45, 2.75) is 25.5 Å². The van der Waals surface area contributed by atoms with Gasteiger partial charge in [-0.3, -0.25) is 9.88 Å². The van der Waals surface area contributed by atoms with E-state index in [4.69, 9.17) is 11.8 Å². The van der Waals surface area contributed by atoms with Gasteiger partial charge < -0.3 is 15.1 Å². The molecule has 2 aliphatic rings. The van der Waals surface area contributed by atoms with Crippen LogP contribution >= 0.6 is 39.1 Å². The molecule has 2 rings (SSSR count). The van der Waals surface area contributed by atoms with Crippen LogP contribution < -0.4 is 5.09 Å². The molecule has 1 fully saturated rings. The third-order valence-electron chi connectivity index (χ3n) is 4.06. The molecule has 136 valence electrons. The molecule has 1 saturated heterocycles. The van der Waals surface area contributed by atoms with Crippen LogP contribution in [-0.2, 0) is 21.4 Å². The third kappa shape index (κ3) is 4.00. The van der Waals surface area contributed by atoms with E-state index in [2.05, 4.69) is 5.09 Å². The Morgan fingerprint density at radius 3 is 2.62 bits per heavy atom. The van der Waals surface area contributed by atoms with Crippen LogP contribution in [0.4, 0.5) is 0 Å². The summed E-state index contributed by atoms with van der Waals surface area (Å²) in [5, 5.41) is 22.5. The summed E-state index contributed by atoms with van der Waals surface area (Å²) in [7, 11) is 0. The summed E-state index contributed by atoms with van der Waals surface area (Å²) in [5.41, 5.74) is 0.0843. The fourth-order valence-electron chi connectivity index (χ4n) is 2.92. The highest BCUT2D eigenvalue weighted by molar-refractivity contribution is 8.99. The molecule has 0 saturated carbocycles. The van der Waals surface area contributed by atoms with Crippen LogP contribution in [0.3, 0.4) is 0 Å². The lowest BCUT2D eigenvalue weighted by atomic mass is 9.83. The minimum Gasteiger partial charge on any atom is -0.477 e. The highest BCUT2D eigenvalue weighted by Crippen LogP contribution is 2.63. The lowest BCUT2D eigenvalue weighted by Crippen LogP contribution is -2.61. The number of carboxylic acid groups (broad SMARTS) is 1. The molecule has 0 aromatic carbocycles. The first-order chi connectivity index (χ1) is 11.3. The molecule has 0 aromatic rings. The van der Waals surface area contributed by atoms with E-state index in [9.17, 15) is 19.8 Å². The van der Waals surface area contributed by atoms with E-state index in [0.29, 0.717) is 23.6 Å². The van der Waals surface area contributed by atoms with Crippen molar-refractivity contribution in [1.82, 2.24) is 9.99 Å². The lowest BCUT2D eigenvalue weighted by Gasteiger charge is -2.44. The van der Waals surface area contributed by atoms with Crippen LogP contribution in [0.1, 0.15) is 13.3 Å². The summed E-state index contributed by atoms with van der Waals surface area (Å²) < 4.78 is -1.65. The van der Waals surface area contributed by atoms with Crippen LogP contribution in [0.5, 0.6) is 0 Å². The normalized spacial score (nSPS) is 24.8. The maximum absolute atomic E-state index is 12.1. The molecule has 0 radical (unpaired) electrons. The van der Waals surface area contributed by atoms with E-state index in [-0.39, 0.29) is 17.6 Å². The molecule has 2 heterocycles. The van der Waals surface area contributed by atoms with Gasteiger partial charge in [0.05, 0.1) is 18.1 Å². The Morgan fingerprint density at radius 2 is 2.12 bits per heavy atom. The summed E-state index contributed by atoms with van der Waals surface area (Å²) in [6.45, 7) is 2.27. The summed E-state index contributed by atoms with van der Waals surface area (Å²) in [6, 6.07) is -0.220. The largest absolute Gasteiger partial charge is 0.477 e. The van der Waals surface area contributed by atoms with Crippen molar-refractivity contribution in [3.63, 3.8) is 0 Å². The Kier molecular flexibility index (Phi) is 7.15. The van der Waals surface area contributed by atoms with E-state index in [1.165, 1.54) is 16.7 Å². The number of thioether (sulfide) groups is 1. The lowest BCUT2D eigenvalue weighted by molar-refractivity contribution is -0.161.